The van der Waals surface area contributed by atoms with Crippen molar-refractivity contribution in [3.63, 3.8) is 0 Å². The third kappa shape index (κ3) is 1.52. The highest BCUT2D eigenvalue weighted by Crippen LogP contribution is 2.26. The first-order chi connectivity index (χ1) is 8.28. The van der Waals surface area contributed by atoms with Crippen LogP contribution in [0.1, 0.15) is 16.2 Å². The number of carbonyl (C=O) groups is 1. The molecule has 0 fully saturated rings. The van der Waals surface area contributed by atoms with Gasteiger partial charge in [0.05, 0.1) is 5.56 Å². The maximum atomic E-state index is 10.8. The van der Waals surface area contributed by atoms with Gasteiger partial charge in [0.2, 0.25) is 11.8 Å². The Labute approximate surface area is 96.1 Å². The van der Waals surface area contributed by atoms with Crippen LogP contribution in [0.2, 0.25) is 0 Å². The molecule has 2 heterocycles. The normalized spacial score (nSPS) is 10.9. The van der Waals surface area contributed by atoms with Gasteiger partial charge in [-0.2, -0.15) is 0 Å². The van der Waals surface area contributed by atoms with E-state index in [0.29, 0.717) is 22.9 Å². The van der Waals surface area contributed by atoms with Crippen LogP contribution in [0.15, 0.2) is 33.3 Å². The molecule has 2 aromatic heterocycles. The number of hydrogen-bond acceptors (Lipinski definition) is 5. The number of benzene rings is 1. The maximum absolute atomic E-state index is 10.8. The van der Waals surface area contributed by atoms with Gasteiger partial charge in [-0.25, -0.2) is 0 Å². The third-order valence-corrected chi connectivity index (χ3v) is 2.50. The molecule has 3 aromatic rings. The molecule has 1 aromatic carbocycles. The van der Waals surface area contributed by atoms with Crippen LogP contribution in [0.25, 0.3) is 22.4 Å². The second-order valence-corrected chi connectivity index (χ2v) is 3.65. The summed E-state index contributed by atoms with van der Waals surface area (Å²) in [6.45, 7) is 1.73. The van der Waals surface area contributed by atoms with Gasteiger partial charge in [0.25, 0.3) is 0 Å². The molecule has 0 aliphatic carbocycles. The average molecular weight is 228 g/mol. The Morgan fingerprint density at radius 3 is 2.88 bits per heavy atom. The summed E-state index contributed by atoms with van der Waals surface area (Å²) in [7, 11) is 0. The first kappa shape index (κ1) is 9.77. The number of nitrogens with zero attached hydrogens (tertiary/aromatic N) is 2. The van der Waals surface area contributed by atoms with Crippen LogP contribution >= 0.6 is 0 Å². The molecule has 17 heavy (non-hydrogen) atoms. The molecule has 84 valence electrons. The molecule has 0 bridgehead atoms. The molecule has 0 spiro atoms. The molecule has 0 amide bonds. The van der Waals surface area contributed by atoms with E-state index in [9.17, 15) is 4.79 Å². The van der Waals surface area contributed by atoms with Gasteiger partial charge < -0.3 is 8.83 Å². The lowest BCUT2D eigenvalue weighted by Gasteiger charge is -1.94. The summed E-state index contributed by atoms with van der Waals surface area (Å²) >= 11 is 0. The van der Waals surface area contributed by atoms with E-state index in [1.165, 1.54) is 6.26 Å². The number of carbonyl (C=O) groups excluding carboxylic acids is 1. The van der Waals surface area contributed by atoms with Crippen molar-refractivity contribution in [2.24, 2.45) is 0 Å². The molecule has 0 saturated heterocycles. The summed E-state index contributed by atoms with van der Waals surface area (Å²) in [6, 6.07) is 5.39. The summed E-state index contributed by atoms with van der Waals surface area (Å²) in [6.07, 6.45) is 2.19. The summed E-state index contributed by atoms with van der Waals surface area (Å²) in [5, 5.41) is 8.43. The third-order valence-electron chi connectivity index (χ3n) is 2.50. The molecule has 5 heteroatoms. The number of fused-ring (bicyclic) bond motifs is 1. The molecular formula is C12H8N2O3. The first-order valence-electron chi connectivity index (χ1n) is 5.05. The van der Waals surface area contributed by atoms with Gasteiger partial charge in [-0.05, 0) is 18.2 Å². The van der Waals surface area contributed by atoms with Gasteiger partial charge in [-0.3, -0.25) is 4.79 Å². The van der Waals surface area contributed by atoms with E-state index < -0.39 is 0 Å². The van der Waals surface area contributed by atoms with Crippen LogP contribution in [-0.4, -0.2) is 16.5 Å². The zero-order chi connectivity index (χ0) is 11.8. The molecule has 0 N–H and O–H groups in total. The average Bonchev–Trinajstić information content (AvgIpc) is 2.94. The molecule has 5 nitrogen and oxygen atoms in total. The van der Waals surface area contributed by atoms with Crippen molar-refractivity contribution in [2.45, 2.75) is 6.92 Å². The Morgan fingerprint density at radius 2 is 2.18 bits per heavy atom. The summed E-state index contributed by atoms with van der Waals surface area (Å²) in [5.74, 6) is 0.936. The van der Waals surface area contributed by atoms with Crippen LogP contribution < -0.4 is 0 Å². The van der Waals surface area contributed by atoms with E-state index in [1.807, 2.05) is 6.07 Å². The van der Waals surface area contributed by atoms with E-state index in [2.05, 4.69) is 10.2 Å². The number of aldehydes is 1. The molecular weight excluding hydrogens is 220 g/mol. The fourth-order valence-corrected chi connectivity index (χ4v) is 1.69. The second kappa shape index (κ2) is 3.55. The predicted molar refractivity (Wildman–Crippen MR) is 59.6 cm³/mol. The monoisotopic (exact) mass is 228 g/mol. The largest absolute Gasteiger partial charge is 0.464 e. The SMILES string of the molecule is Cc1nnc(-c2ccc3occ(C=O)c3c2)o1. The Hall–Kier alpha value is -2.43. The molecule has 0 saturated carbocycles. The van der Waals surface area contributed by atoms with E-state index >= 15 is 0 Å². The Balaban J connectivity index is 2.21. The van der Waals surface area contributed by atoms with Crippen molar-refractivity contribution >= 4 is 17.3 Å². The van der Waals surface area contributed by atoms with Gasteiger partial charge >= 0.3 is 0 Å². The number of rotatable bonds is 2. The van der Waals surface area contributed by atoms with E-state index in [1.54, 1.807) is 19.1 Å². The number of furan rings is 1. The highest BCUT2D eigenvalue weighted by Gasteiger charge is 2.10. The molecule has 0 radical (unpaired) electrons. The van der Waals surface area contributed by atoms with Crippen molar-refractivity contribution in [3.8, 4) is 11.5 Å². The topological polar surface area (TPSA) is 69.1 Å². The standard InChI is InChI=1S/C12H8N2O3/c1-7-13-14-12(17-7)8-2-3-11-10(4-8)9(5-15)6-16-11/h2-6H,1H3. The minimum absolute atomic E-state index is 0.433. The predicted octanol–water partition coefficient (Wildman–Crippen LogP) is 2.60. The lowest BCUT2D eigenvalue weighted by atomic mass is 10.1. The van der Waals surface area contributed by atoms with E-state index in [-0.39, 0.29) is 0 Å². The number of aromatic nitrogens is 2. The minimum atomic E-state index is 0.433. The molecule has 3 rings (SSSR count). The highest BCUT2D eigenvalue weighted by molar-refractivity contribution is 5.97. The number of aryl methyl sites for hydroxylation is 1. The highest BCUT2D eigenvalue weighted by atomic mass is 16.4. The van der Waals surface area contributed by atoms with Crippen molar-refractivity contribution in [1.29, 1.82) is 0 Å². The van der Waals surface area contributed by atoms with Crippen LogP contribution in [0.5, 0.6) is 0 Å². The first-order valence-corrected chi connectivity index (χ1v) is 5.05. The molecule has 0 unspecified atom stereocenters. The Bertz CT molecular complexity index is 697. The van der Waals surface area contributed by atoms with Gasteiger partial charge in [0, 0.05) is 17.9 Å². The Kier molecular flexibility index (Phi) is 2.04. The van der Waals surface area contributed by atoms with Gasteiger partial charge in [0.1, 0.15) is 11.8 Å². The van der Waals surface area contributed by atoms with Crippen LogP contribution in [-0.2, 0) is 0 Å². The fourth-order valence-electron chi connectivity index (χ4n) is 1.69. The van der Waals surface area contributed by atoms with Gasteiger partial charge in [-0.15, -0.1) is 10.2 Å². The van der Waals surface area contributed by atoms with Gasteiger partial charge in [-0.1, -0.05) is 0 Å². The van der Waals surface area contributed by atoms with Crippen LogP contribution in [0, 0.1) is 6.92 Å². The second-order valence-electron chi connectivity index (χ2n) is 3.65. The molecule has 0 aliphatic heterocycles. The van der Waals surface area contributed by atoms with Crippen LogP contribution in [0.4, 0.5) is 0 Å². The smallest absolute Gasteiger partial charge is 0.247 e. The van der Waals surface area contributed by atoms with E-state index in [4.69, 9.17) is 8.83 Å². The van der Waals surface area contributed by atoms with Crippen molar-refractivity contribution in [2.75, 3.05) is 0 Å². The quantitative estimate of drug-likeness (QED) is 0.630. The van der Waals surface area contributed by atoms with Crippen LogP contribution in [0.3, 0.4) is 0 Å². The van der Waals surface area contributed by atoms with Gasteiger partial charge in [0.15, 0.2) is 6.29 Å². The Morgan fingerprint density at radius 1 is 1.29 bits per heavy atom. The summed E-state index contributed by atoms with van der Waals surface area (Å²) < 4.78 is 10.6. The fraction of sp³-hybridized carbons (Fsp3) is 0.0833. The zero-order valence-electron chi connectivity index (χ0n) is 9.01. The molecule has 0 aliphatic rings. The summed E-state index contributed by atoms with van der Waals surface area (Å²) in [4.78, 5) is 10.8. The van der Waals surface area contributed by atoms with Crippen molar-refractivity contribution in [1.82, 2.24) is 10.2 Å². The van der Waals surface area contributed by atoms with E-state index in [0.717, 1.165) is 17.2 Å². The number of hydrogen-bond donors (Lipinski definition) is 0. The van der Waals surface area contributed by atoms with Crippen molar-refractivity contribution < 1.29 is 13.6 Å². The minimum Gasteiger partial charge on any atom is -0.464 e. The summed E-state index contributed by atoms with van der Waals surface area (Å²) in [5.41, 5.74) is 1.94. The molecule has 0 atom stereocenters. The van der Waals surface area contributed by atoms with Crippen molar-refractivity contribution in [3.05, 3.63) is 35.9 Å². The lowest BCUT2D eigenvalue weighted by Crippen LogP contribution is -1.80. The lowest BCUT2D eigenvalue weighted by molar-refractivity contribution is 0.112. The maximum Gasteiger partial charge on any atom is 0.247 e. The zero-order valence-corrected chi connectivity index (χ0v) is 9.01.